The molecule has 1 spiro atoms. The van der Waals surface area contributed by atoms with Crippen LogP contribution in [-0.4, -0.2) is 84.6 Å². The molecule has 12 heteroatoms. The highest BCUT2D eigenvalue weighted by molar-refractivity contribution is 9.09. The molecule has 2 aromatic rings. The van der Waals surface area contributed by atoms with Crippen LogP contribution in [0.15, 0.2) is 24.3 Å². The fourth-order valence-corrected chi connectivity index (χ4v) is 7.08. The van der Waals surface area contributed by atoms with Crippen LogP contribution < -0.4 is 5.32 Å². The van der Waals surface area contributed by atoms with Gasteiger partial charge in [-0.2, -0.15) is 0 Å². The molecule has 1 aromatic heterocycles. The Morgan fingerprint density at radius 3 is 2.81 bits per heavy atom. The molecule has 36 heavy (non-hydrogen) atoms. The Labute approximate surface area is 216 Å². The Kier molecular flexibility index (Phi) is 6.54. The first-order chi connectivity index (χ1) is 17.2. The average Bonchev–Trinajstić information content (AvgIpc) is 3.56. The zero-order chi connectivity index (χ0) is 25.8. The number of amides is 2. The zero-order valence-electron chi connectivity index (χ0n) is 20.3. The molecule has 0 saturated carbocycles. The van der Waals surface area contributed by atoms with Crippen molar-refractivity contribution in [3.63, 3.8) is 0 Å². The number of aromatic nitrogens is 3. The number of para-hydroxylation sites is 1. The topological polar surface area (TPSA) is 136 Å². The van der Waals surface area contributed by atoms with E-state index in [4.69, 9.17) is 9.47 Å². The number of alkyl halides is 1. The molecule has 2 N–H and O–H groups in total. The molecule has 2 amide bonds. The second-order valence-electron chi connectivity index (χ2n) is 9.93. The maximum atomic E-state index is 13.9. The number of carbonyl (C=O) groups is 3. The summed E-state index contributed by atoms with van der Waals surface area (Å²) in [6.45, 7) is 5.35. The third-order valence-corrected chi connectivity index (χ3v) is 8.52. The number of halogens is 1. The lowest BCUT2D eigenvalue weighted by molar-refractivity contribution is -0.155. The van der Waals surface area contributed by atoms with Gasteiger partial charge in [-0.3, -0.25) is 14.4 Å². The summed E-state index contributed by atoms with van der Waals surface area (Å²) in [6, 6.07) is 5.73. The third-order valence-electron chi connectivity index (χ3n) is 7.67. The number of hydrogen-bond donors (Lipinski definition) is 2. The van der Waals surface area contributed by atoms with Crippen molar-refractivity contribution in [2.24, 2.45) is 17.8 Å². The van der Waals surface area contributed by atoms with E-state index in [0.717, 1.165) is 5.52 Å². The van der Waals surface area contributed by atoms with Crippen LogP contribution in [-0.2, 0) is 30.5 Å². The van der Waals surface area contributed by atoms with Gasteiger partial charge in [-0.15, -0.1) is 5.10 Å². The first kappa shape index (κ1) is 25.1. The van der Waals surface area contributed by atoms with Crippen LogP contribution in [0.25, 0.3) is 11.0 Å². The maximum absolute atomic E-state index is 13.9. The average molecular weight is 564 g/mol. The van der Waals surface area contributed by atoms with E-state index in [1.54, 1.807) is 11.6 Å². The van der Waals surface area contributed by atoms with Crippen molar-refractivity contribution < 1.29 is 29.0 Å². The van der Waals surface area contributed by atoms with Crippen LogP contribution in [0.3, 0.4) is 0 Å². The summed E-state index contributed by atoms with van der Waals surface area (Å²) in [5.41, 5.74) is 0.231. The van der Waals surface area contributed by atoms with Gasteiger partial charge in [0.25, 0.3) is 0 Å². The van der Waals surface area contributed by atoms with Crippen LogP contribution in [0.2, 0.25) is 0 Å². The third kappa shape index (κ3) is 3.64. The van der Waals surface area contributed by atoms with Crippen LogP contribution in [0.5, 0.6) is 0 Å². The molecule has 2 bridgehead atoms. The van der Waals surface area contributed by atoms with Gasteiger partial charge < -0.3 is 24.8 Å². The summed E-state index contributed by atoms with van der Waals surface area (Å²) in [5.74, 6) is -3.15. The number of nitrogens with one attached hydrogen (secondary N) is 1. The van der Waals surface area contributed by atoms with Gasteiger partial charge in [0.15, 0.2) is 0 Å². The molecule has 7 atom stereocenters. The van der Waals surface area contributed by atoms with E-state index in [1.807, 2.05) is 38.1 Å². The molecule has 5 rings (SSSR count). The molecule has 1 aromatic carbocycles. The van der Waals surface area contributed by atoms with Crippen LogP contribution in [0, 0.1) is 17.8 Å². The predicted molar refractivity (Wildman–Crippen MR) is 131 cm³/mol. The second-order valence-corrected chi connectivity index (χ2v) is 11.1. The van der Waals surface area contributed by atoms with E-state index in [9.17, 15) is 19.5 Å². The Morgan fingerprint density at radius 2 is 2.11 bits per heavy atom. The van der Waals surface area contributed by atoms with Crippen LogP contribution in [0.4, 0.5) is 0 Å². The zero-order valence-corrected chi connectivity index (χ0v) is 21.9. The van der Waals surface area contributed by atoms with Gasteiger partial charge in [0.05, 0.1) is 42.7 Å². The van der Waals surface area contributed by atoms with Gasteiger partial charge >= 0.3 is 5.97 Å². The van der Waals surface area contributed by atoms with E-state index in [-0.39, 0.29) is 36.5 Å². The fourth-order valence-electron chi connectivity index (χ4n) is 6.14. The summed E-state index contributed by atoms with van der Waals surface area (Å²) in [5, 5.41) is 21.4. The number of ether oxygens (including phenoxy) is 2. The Morgan fingerprint density at radius 1 is 1.36 bits per heavy atom. The minimum Gasteiger partial charge on any atom is -0.466 e. The van der Waals surface area contributed by atoms with Gasteiger partial charge in [-0.05, 0) is 31.4 Å². The number of likely N-dealkylation sites (tertiary alicyclic amines) is 1. The molecule has 0 aliphatic carbocycles. The number of benzene rings is 1. The van der Waals surface area contributed by atoms with Crippen molar-refractivity contribution in [1.82, 2.24) is 25.2 Å². The summed E-state index contributed by atoms with van der Waals surface area (Å²) in [7, 11) is 0. The summed E-state index contributed by atoms with van der Waals surface area (Å²) in [4.78, 5) is 42.0. The number of hydrogen-bond acceptors (Lipinski definition) is 8. The van der Waals surface area contributed by atoms with Gasteiger partial charge in [0.2, 0.25) is 11.8 Å². The van der Waals surface area contributed by atoms with E-state index in [2.05, 4.69) is 31.6 Å². The summed E-state index contributed by atoms with van der Waals surface area (Å²) in [6.07, 6.45) is -0.206. The van der Waals surface area contributed by atoms with Crippen molar-refractivity contribution in [2.45, 2.75) is 62.5 Å². The smallest absolute Gasteiger partial charge is 0.312 e. The standard InChI is InChI=1S/C24H30BrN5O6/c1-4-35-23(34)17-18-22(33)30(16(10-31)12(2)3)20(24(18)9-13(25)19(17)36-24)21(32)26-11-29-15-8-6-5-7-14(15)27-28-29/h5-8,12-13,16-20,31H,4,9-11H2,1-3H3,(H,26,32)/t13?,16-,17+,18-,19+,20+,24-/m0/s1. The fraction of sp³-hybridized carbons (Fsp3) is 0.625. The van der Waals surface area contributed by atoms with Crippen molar-refractivity contribution >= 4 is 44.7 Å². The maximum Gasteiger partial charge on any atom is 0.312 e. The van der Waals surface area contributed by atoms with Crippen LogP contribution >= 0.6 is 15.9 Å². The highest BCUT2D eigenvalue weighted by Gasteiger charge is 2.77. The van der Waals surface area contributed by atoms with Crippen LogP contribution in [0.1, 0.15) is 27.2 Å². The van der Waals surface area contributed by atoms with E-state index >= 15 is 0 Å². The van der Waals surface area contributed by atoms with Crippen molar-refractivity contribution in [1.29, 1.82) is 0 Å². The quantitative estimate of drug-likeness (QED) is 0.356. The molecule has 3 aliphatic heterocycles. The number of fused-ring (bicyclic) bond motifs is 2. The molecule has 3 fully saturated rings. The SMILES string of the molecule is CCOC(=O)[C@H]1[C@@H]2O[C@@]3(CC2Br)[C@@H]1C(=O)N([C@@H](CO)C(C)C)[C@@H]3C(=O)NCn1nnc2ccccc21. The monoisotopic (exact) mass is 563 g/mol. The number of aliphatic hydroxyl groups excluding tert-OH is 1. The molecular formula is C24H30BrN5O6. The van der Waals surface area contributed by atoms with Gasteiger partial charge in [0.1, 0.15) is 23.8 Å². The van der Waals surface area contributed by atoms with Gasteiger partial charge in [-0.25, -0.2) is 4.68 Å². The lowest BCUT2D eigenvalue weighted by Crippen LogP contribution is -2.59. The lowest BCUT2D eigenvalue weighted by atomic mass is 9.70. The molecule has 3 aliphatic rings. The summed E-state index contributed by atoms with van der Waals surface area (Å²) >= 11 is 3.62. The molecule has 0 radical (unpaired) electrons. The summed E-state index contributed by atoms with van der Waals surface area (Å²) < 4.78 is 13.3. The molecule has 4 heterocycles. The lowest BCUT2D eigenvalue weighted by Gasteiger charge is -2.38. The van der Waals surface area contributed by atoms with E-state index in [0.29, 0.717) is 11.9 Å². The molecule has 1 unspecified atom stereocenters. The van der Waals surface area contributed by atoms with Crippen molar-refractivity contribution in [3.05, 3.63) is 24.3 Å². The molecule has 3 saturated heterocycles. The molecule has 11 nitrogen and oxygen atoms in total. The number of aliphatic hydroxyl groups is 1. The molecule has 194 valence electrons. The Balaban J connectivity index is 1.51. The van der Waals surface area contributed by atoms with Gasteiger partial charge in [-0.1, -0.05) is 47.1 Å². The predicted octanol–water partition coefficient (Wildman–Crippen LogP) is 0.833. The van der Waals surface area contributed by atoms with Gasteiger partial charge in [0, 0.05) is 4.83 Å². The minimum absolute atomic E-state index is 0.0343. The highest BCUT2D eigenvalue weighted by atomic mass is 79.9. The minimum atomic E-state index is -1.22. The highest BCUT2D eigenvalue weighted by Crippen LogP contribution is 2.60. The van der Waals surface area contributed by atoms with Crippen molar-refractivity contribution in [2.75, 3.05) is 13.2 Å². The molecular weight excluding hydrogens is 534 g/mol. The number of carbonyl (C=O) groups excluding carboxylic acids is 3. The Hall–Kier alpha value is -2.57. The van der Waals surface area contributed by atoms with E-state index in [1.165, 1.54) is 4.90 Å². The number of esters is 1. The van der Waals surface area contributed by atoms with E-state index < -0.39 is 47.5 Å². The first-order valence-corrected chi connectivity index (χ1v) is 13.1. The second kappa shape index (κ2) is 9.38. The largest absolute Gasteiger partial charge is 0.466 e. The Bertz CT molecular complexity index is 1190. The number of rotatable bonds is 8. The number of nitrogens with zero attached hydrogens (tertiary/aromatic N) is 4. The normalized spacial score (nSPS) is 31.8. The van der Waals surface area contributed by atoms with Crippen molar-refractivity contribution in [3.8, 4) is 0 Å². The first-order valence-electron chi connectivity index (χ1n) is 12.2.